The van der Waals surface area contributed by atoms with E-state index >= 15 is 0 Å². The van der Waals surface area contributed by atoms with E-state index in [0.717, 1.165) is 9.25 Å². The molecule has 0 atom stereocenters. The van der Waals surface area contributed by atoms with Crippen LogP contribution in [0.2, 0.25) is 0 Å². The molecule has 1 aliphatic rings. The number of ether oxygens (including phenoxy) is 2. The minimum atomic E-state index is -2.44. The van der Waals surface area contributed by atoms with Gasteiger partial charge in [-0.1, -0.05) is 18.2 Å². The highest BCUT2D eigenvalue weighted by molar-refractivity contribution is 6.06. The Morgan fingerprint density at radius 2 is 1.56 bits per heavy atom. The largest absolute Gasteiger partial charge is 0.462 e. The molecule has 0 radical (unpaired) electrons. The van der Waals surface area contributed by atoms with Gasteiger partial charge in [0, 0.05) is 0 Å². The summed E-state index contributed by atoms with van der Waals surface area (Å²) in [6.45, 7) is 4.41. The van der Waals surface area contributed by atoms with Crippen LogP contribution in [0.5, 0.6) is 0 Å². The van der Waals surface area contributed by atoms with Crippen LogP contribution in [0, 0.1) is 0 Å². The first kappa shape index (κ1) is 18.4. The van der Waals surface area contributed by atoms with Crippen molar-refractivity contribution >= 4 is 17.8 Å². The molecular formula is C17H18N4O6. The molecule has 1 aliphatic heterocycles. The highest BCUT2D eigenvalue weighted by atomic mass is 16.6. The molecular weight excluding hydrogens is 356 g/mol. The van der Waals surface area contributed by atoms with Crippen molar-refractivity contribution in [3.63, 3.8) is 0 Å². The number of aromatic nitrogens is 3. The average Bonchev–Trinajstić information content (AvgIpc) is 3.10. The van der Waals surface area contributed by atoms with Gasteiger partial charge in [0.25, 0.3) is 0 Å². The summed E-state index contributed by atoms with van der Waals surface area (Å²) in [4.78, 5) is 55.3. The normalized spacial score (nSPS) is 14.4. The number of benzene rings is 1. The van der Waals surface area contributed by atoms with Crippen molar-refractivity contribution in [1.29, 1.82) is 0 Å². The highest BCUT2D eigenvalue weighted by Crippen LogP contribution is 2.26. The maximum absolute atomic E-state index is 13.1. The van der Waals surface area contributed by atoms with E-state index in [1.165, 1.54) is 6.92 Å². The lowest BCUT2D eigenvalue weighted by atomic mass is 10.2. The standard InChI is InChI=1S/C17H18N4O6/c1-4-26-13(22)17(14(23)27-5-2)18-11(3)20-15(24)19(16(25)21(17)20)12-9-7-6-8-10-12/h6-10H,4-5H2,1-3H3. The zero-order valence-electron chi connectivity index (χ0n) is 15.0. The quantitative estimate of drug-likeness (QED) is 0.532. The van der Waals surface area contributed by atoms with Gasteiger partial charge in [-0.15, -0.1) is 0 Å². The molecule has 0 saturated heterocycles. The number of esters is 2. The van der Waals surface area contributed by atoms with Crippen molar-refractivity contribution in [2.45, 2.75) is 26.4 Å². The number of carbonyl (C=O) groups excluding carboxylic acids is 2. The molecule has 0 bridgehead atoms. The molecule has 142 valence electrons. The van der Waals surface area contributed by atoms with E-state index in [4.69, 9.17) is 9.47 Å². The Morgan fingerprint density at radius 1 is 1.00 bits per heavy atom. The molecule has 0 N–H and O–H groups in total. The van der Waals surface area contributed by atoms with Crippen LogP contribution in [0.1, 0.15) is 20.8 Å². The molecule has 2 heterocycles. The Kier molecular flexibility index (Phi) is 4.56. The summed E-state index contributed by atoms with van der Waals surface area (Å²) in [7, 11) is 0. The van der Waals surface area contributed by atoms with Gasteiger partial charge in [-0.2, -0.15) is 9.36 Å². The average molecular weight is 374 g/mol. The number of hydrogen-bond donors (Lipinski definition) is 0. The maximum Gasteiger partial charge on any atom is 0.369 e. The van der Waals surface area contributed by atoms with E-state index in [9.17, 15) is 19.2 Å². The van der Waals surface area contributed by atoms with Crippen LogP contribution in [0.3, 0.4) is 0 Å². The van der Waals surface area contributed by atoms with Gasteiger partial charge in [0.2, 0.25) is 0 Å². The SMILES string of the molecule is CCOC(=O)C1(C(=O)OCC)N=C(C)n2c(=O)n(-c3ccccc3)c(=O)n21. The third-order valence-corrected chi connectivity index (χ3v) is 4.02. The van der Waals surface area contributed by atoms with E-state index in [2.05, 4.69) is 4.99 Å². The van der Waals surface area contributed by atoms with Crippen molar-refractivity contribution in [1.82, 2.24) is 13.9 Å². The number of aliphatic imine (C=N–C) groups is 1. The Labute approximate surface area is 153 Å². The predicted octanol–water partition coefficient (Wildman–Crippen LogP) is -0.140. The molecule has 0 fully saturated rings. The van der Waals surface area contributed by atoms with Crippen molar-refractivity contribution in [3.8, 4) is 5.69 Å². The first-order valence-electron chi connectivity index (χ1n) is 8.34. The van der Waals surface area contributed by atoms with Crippen molar-refractivity contribution in [3.05, 3.63) is 51.3 Å². The lowest BCUT2D eigenvalue weighted by molar-refractivity contribution is -0.170. The van der Waals surface area contributed by atoms with E-state index in [0.29, 0.717) is 4.68 Å². The fraction of sp³-hybridized carbons (Fsp3) is 0.353. The van der Waals surface area contributed by atoms with Gasteiger partial charge in [0.1, 0.15) is 5.84 Å². The number of nitrogens with zero attached hydrogens (tertiary/aromatic N) is 4. The van der Waals surface area contributed by atoms with E-state index in [1.807, 2.05) is 0 Å². The lowest BCUT2D eigenvalue weighted by Gasteiger charge is -2.22. The Balaban J connectivity index is 2.36. The first-order chi connectivity index (χ1) is 12.9. The van der Waals surface area contributed by atoms with E-state index < -0.39 is 29.0 Å². The topological polar surface area (TPSA) is 114 Å². The molecule has 0 unspecified atom stereocenters. The minimum absolute atomic E-state index is 0.00659. The van der Waals surface area contributed by atoms with Crippen molar-refractivity contribution in [2.75, 3.05) is 13.2 Å². The monoisotopic (exact) mass is 374 g/mol. The second kappa shape index (κ2) is 6.71. The minimum Gasteiger partial charge on any atom is -0.462 e. The van der Waals surface area contributed by atoms with Gasteiger partial charge in [0.05, 0.1) is 18.9 Å². The molecule has 10 nitrogen and oxygen atoms in total. The number of carbonyl (C=O) groups is 2. The van der Waals surface area contributed by atoms with Crippen LogP contribution >= 0.6 is 0 Å². The fourth-order valence-electron chi connectivity index (χ4n) is 2.95. The summed E-state index contributed by atoms with van der Waals surface area (Å²) >= 11 is 0. The van der Waals surface area contributed by atoms with Gasteiger partial charge in [-0.3, -0.25) is 0 Å². The number of rotatable bonds is 5. The molecule has 0 spiro atoms. The predicted molar refractivity (Wildman–Crippen MR) is 94.0 cm³/mol. The van der Waals surface area contributed by atoms with Crippen LogP contribution in [0.4, 0.5) is 0 Å². The highest BCUT2D eigenvalue weighted by Gasteiger charge is 2.58. The van der Waals surface area contributed by atoms with Crippen LogP contribution < -0.4 is 11.4 Å². The fourth-order valence-corrected chi connectivity index (χ4v) is 2.95. The van der Waals surface area contributed by atoms with Crippen molar-refractivity contribution < 1.29 is 19.1 Å². The van der Waals surface area contributed by atoms with Crippen LogP contribution in [0.15, 0.2) is 44.9 Å². The second-order valence-corrected chi connectivity index (χ2v) is 5.63. The molecule has 0 amide bonds. The smallest absolute Gasteiger partial charge is 0.369 e. The van der Waals surface area contributed by atoms with Crippen LogP contribution in [-0.2, 0) is 24.7 Å². The zero-order chi connectivity index (χ0) is 19.8. The molecule has 1 aromatic carbocycles. The first-order valence-corrected chi connectivity index (χ1v) is 8.34. The molecule has 27 heavy (non-hydrogen) atoms. The number of fused-ring (bicyclic) bond motifs is 1. The van der Waals surface area contributed by atoms with Crippen molar-refractivity contribution in [2.24, 2.45) is 4.99 Å². The Morgan fingerprint density at radius 3 is 2.07 bits per heavy atom. The molecule has 3 rings (SSSR count). The molecule has 2 aromatic rings. The van der Waals surface area contributed by atoms with Crippen LogP contribution in [-0.4, -0.2) is 44.9 Å². The van der Waals surface area contributed by atoms with Gasteiger partial charge in [-0.25, -0.2) is 28.7 Å². The summed E-state index contributed by atoms with van der Waals surface area (Å²) < 4.78 is 12.4. The Bertz CT molecular complexity index is 1030. The van der Waals surface area contributed by atoms with Gasteiger partial charge < -0.3 is 9.47 Å². The third-order valence-electron chi connectivity index (χ3n) is 4.02. The summed E-state index contributed by atoms with van der Waals surface area (Å²) in [5.74, 6) is -2.20. The Hall–Kier alpha value is -3.43. The van der Waals surface area contributed by atoms with Gasteiger partial charge in [0.15, 0.2) is 0 Å². The number of hydrogen-bond acceptors (Lipinski definition) is 7. The summed E-state index contributed by atoms with van der Waals surface area (Å²) in [5.41, 5.74) is -3.82. The van der Waals surface area contributed by atoms with Gasteiger partial charge in [-0.05, 0) is 32.9 Å². The molecule has 0 aliphatic carbocycles. The third kappa shape index (κ3) is 2.52. The van der Waals surface area contributed by atoms with E-state index in [1.54, 1.807) is 44.2 Å². The second-order valence-electron chi connectivity index (χ2n) is 5.63. The maximum atomic E-state index is 13.1. The lowest BCUT2D eigenvalue weighted by Crippen LogP contribution is -2.53. The van der Waals surface area contributed by atoms with Crippen LogP contribution in [0.25, 0.3) is 5.69 Å². The van der Waals surface area contributed by atoms with E-state index in [-0.39, 0.29) is 24.7 Å². The summed E-state index contributed by atoms with van der Waals surface area (Å²) in [6, 6.07) is 8.15. The summed E-state index contributed by atoms with van der Waals surface area (Å²) in [6.07, 6.45) is 0. The summed E-state index contributed by atoms with van der Waals surface area (Å²) in [5, 5.41) is 0. The molecule has 10 heteroatoms. The molecule has 0 saturated carbocycles. The zero-order valence-corrected chi connectivity index (χ0v) is 15.0. The number of para-hydroxylation sites is 1. The van der Waals surface area contributed by atoms with Gasteiger partial charge >= 0.3 is 29.0 Å². The molecule has 1 aromatic heterocycles.